The highest BCUT2D eigenvalue weighted by Crippen LogP contribution is 2.53. The first-order valence-corrected chi connectivity index (χ1v) is 12.9. The van der Waals surface area contributed by atoms with Crippen LogP contribution in [0.2, 0.25) is 0 Å². The number of aryl methyl sites for hydroxylation is 1. The number of carbonyl (C=O) groups is 1. The van der Waals surface area contributed by atoms with Gasteiger partial charge in [-0.3, -0.25) is 4.79 Å². The lowest BCUT2D eigenvalue weighted by atomic mass is 9.86. The molecular weight excluding hydrogens is 531 g/mol. The van der Waals surface area contributed by atoms with Gasteiger partial charge in [-0.1, -0.05) is 29.4 Å². The third kappa shape index (κ3) is 3.78. The van der Waals surface area contributed by atoms with Crippen LogP contribution in [-0.2, 0) is 10.2 Å². The Hall–Kier alpha value is -2.17. The summed E-state index contributed by atoms with van der Waals surface area (Å²) in [5, 5.41) is 13.6. The summed E-state index contributed by atoms with van der Waals surface area (Å²) in [6, 6.07) is 8.20. The zero-order valence-corrected chi connectivity index (χ0v) is 19.8. The Morgan fingerprint density at radius 1 is 1.25 bits per heavy atom. The molecule has 0 unspecified atom stereocenters. The molecule has 0 spiro atoms. The van der Waals surface area contributed by atoms with Gasteiger partial charge in [0.25, 0.3) is 12.3 Å². The lowest BCUT2D eigenvalue weighted by Gasteiger charge is -2.33. The van der Waals surface area contributed by atoms with E-state index >= 15 is 0 Å². The fourth-order valence-corrected chi connectivity index (χ4v) is 7.61. The molecule has 2 saturated carbocycles. The van der Waals surface area contributed by atoms with Gasteiger partial charge in [0.15, 0.2) is 5.82 Å². The number of rotatable bonds is 6. The van der Waals surface area contributed by atoms with Gasteiger partial charge < -0.3 is 12.7 Å². The molecule has 5 rings (SSSR count). The summed E-state index contributed by atoms with van der Waals surface area (Å²) in [7, 11) is 0. The molecule has 1 aromatic heterocycles. The molecule has 0 amide bonds. The second-order valence-corrected chi connectivity index (χ2v) is 11.5. The van der Waals surface area contributed by atoms with Gasteiger partial charge in [0.2, 0.25) is 0 Å². The summed E-state index contributed by atoms with van der Waals surface area (Å²) in [5.41, 5.74) is 2.67. The molecule has 3 aliphatic rings. The Labute approximate surface area is 194 Å². The van der Waals surface area contributed by atoms with Crippen molar-refractivity contribution in [3.8, 4) is 0 Å². The highest BCUT2D eigenvalue weighted by molar-refractivity contribution is 14.2. The molecule has 9 heteroatoms. The van der Waals surface area contributed by atoms with Crippen molar-refractivity contribution in [3.63, 3.8) is 0 Å². The predicted molar refractivity (Wildman–Crippen MR) is 124 cm³/mol. The van der Waals surface area contributed by atoms with E-state index in [1.54, 1.807) is 0 Å². The number of aromatic nitrogens is 2. The van der Waals surface area contributed by atoms with Crippen molar-refractivity contribution >= 4 is 36.2 Å². The van der Waals surface area contributed by atoms with Crippen molar-refractivity contribution in [2.45, 2.75) is 63.3 Å². The van der Waals surface area contributed by atoms with Crippen LogP contribution in [0.3, 0.4) is 0 Å². The molecule has 2 heterocycles. The molecule has 2 aromatic rings. The molecule has 1 N–H and O–H groups in total. The number of nitrogens with zero attached hydrogens (tertiary/aromatic N) is 3. The van der Waals surface area contributed by atoms with E-state index in [1.165, 1.54) is 17.2 Å². The third-order valence-corrected chi connectivity index (χ3v) is 9.92. The predicted octanol–water partition coefficient (Wildman–Crippen LogP) is 5.08. The van der Waals surface area contributed by atoms with Gasteiger partial charge in [0.1, 0.15) is 5.70 Å². The van der Waals surface area contributed by atoms with Crippen molar-refractivity contribution in [1.82, 2.24) is 13.3 Å². The number of carboxylic acid groups (broad SMARTS) is 1. The number of halogens is 3. The number of hydrogen-bond acceptors (Lipinski definition) is 5. The zero-order valence-electron chi connectivity index (χ0n) is 17.6. The van der Waals surface area contributed by atoms with Crippen molar-refractivity contribution in [2.75, 3.05) is 0 Å². The van der Waals surface area contributed by atoms with Gasteiger partial charge in [-0.05, 0) is 62.7 Å². The van der Waals surface area contributed by atoms with Crippen molar-refractivity contribution in [3.05, 3.63) is 53.2 Å². The van der Waals surface area contributed by atoms with E-state index in [1.807, 2.05) is 15.2 Å². The molecule has 170 valence electrons. The van der Waals surface area contributed by atoms with Gasteiger partial charge in [0, 0.05) is 27.0 Å². The van der Waals surface area contributed by atoms with E-state index in [0.29, 0.717) is 37.2 Å². The van der Waals surface area contributed by atoms with Crippen LogP contribution in [0.4, 0.5) is 8.78 Å². The summed E-state index contributed by atoms with van der Waals surface area (Å²) in [6.07, 6.45) is 3.32. The van der Waals surface area contributed by atoms with E-state index in [9.17, 15) is 18.7 Å². The Balaban J connectivity index is 1.43. The summed E-state index contributed by atoms with van der Waals surface area (Å²) in [5.74, 6) is -0.226. The SMILES string of the molecule is Cc1ccccc1C1(c2noc(C3=CC(C(F)F)=IN3C3CCC(C(=O)O)CC3)n2)CC1. The molecule has 6 nitrogen and oxygen atoms in total. The minimum atomic E-state index is -2.51. The zero-order chi connectivity index (χ0) is 22.5. The standard InChI is InChI=1S/C23H24F2IN3O3/c1-13-4-2-3-5-16(13)23(10-11-23)22-27-20(32-28-22)18-12-17(19(24)25)26-29(18)15-8-6-14(7-9-15)21(30)31/h2-5,12,14-15,19H,6-11H2,1H3,(H,30,31). The van der Waals surface area contributed by atoms with Crippen LogP contribution in [0.1, 0.15) is 61.4 Å². The largest absolute Gasteiger partial charge is 0.481 e. The van der Waals surface area contributed by atoms with Crippen LogP contribution in [0, 0.1) is 12.8 Å². The third-order valence-electron chi connectivity index (χ3n) is 6.75. The molecule has 1 aromatic carbocycles. The number of alkyl halides is 2. The second kappa shape index (κ2) is 8.31. The van der Waals surface area contributed by atoms with E-state index in [-0.39, 0.29) is 26.8 Å². The van der Waals surface area contributed by atoms with Crippen LogP contribution >= 0.6 is 21.0 Å². The van der Waals surface area contributed by atoms with E-state index in [4.69, 9.17) is 9.51 Å². The fraction of sp³-hybridized carbons (Fsp3) is 0.478. The number of aliphatic carboxylic acids is 1. The average Bonchev–Trinajstić information content (AvgIpc) is 3.22. The van der Waals surface area contributed by atoms with Gasteiger partial charge in [-0.2, -0.15) is 4.98 Å². The van der Waals surface area contributed by atoms with Crippen LogP contribution in [0.25, 0.3) is 5.70 Å². The normalized spacial score (nSPS) is 24.7. The maximum absolute atomic E-state index is 13.6. The number of benzene rings is 1. The van der Waals surface area contributed by atoms with E-state index in [0.717, 1.165) is 12.8 Å². The lowest BCUT2D eigenvalue weighted by molar-refractivity contribution is -0.142. The molecule has 0 saturated heterocycles. The monoisotopic (exact) mass is 555 g/mol. The summed E-state index contributed by atoms with van der Waals surface area (Å²) < 4.78 is 35.0. The molecular formula is C23H24F2IN3O3. The summed E-state index contributed by atoms with van der Waals surface area (Å²) >= 11 is -1.07. The second-order valence-electron chi connectivity index (χ2n) is 8.77. The minimum Gasteiger partial charge on any atom is -0.481 e. The van der Waals surface area contributed by atoms with Crippen molar-refractivity contribution in [2.24, 2.45) is 5.92 Å². The summed E-state index contributed by atoms with van der Waals surface area (Å²) in [4.78, 5) is 16.0. The number of allylic oxidation sites excluding steroid dienone is 1. The lowest BCUT2D eigenvalue weighted by Crippen LogP contribution is -2.32. The van der Waals surface area contributed by atoms with Crippen molar-refractivity contribution in [1.29, 1.82) is 0 Å². The molecule has 32 heavy (non-hydrogen) atoms. The van der Waals surface area contributed by atoms with Crippen molar-refractivity contribution < 1.29 is 23.2 Å². The Morgan fingerprint density at radius 3 is 2.59 bits per heavy atom. The van der Waals surface area contributed by atoms with Gasteiger partial charge in [0.05, 0.1) is 14.8 Å². The number of carboxylic acids is 1. The maximum Gasteiger partial charge on any atom is 0.306 e. The first kappa shape index (κ1) is 21.7. The van der Waals surface area contributed by atoms with Crippen LogP contribution in [0.15, 0.2) is 34.9 Å². The highest BCUT2D eigenvalue weighted by atomic mass is 127. The summed E-state index contributed by atoms with van der Waals surface area (Å²) in [6.45, 7) is 2.07. The van der Waals surface area contributed by atoms with Crippen LogP contribution < -0.4 is 0 Å². The van der Waals surface area contributed by atoms with Gasteiger partial charge in [-0.15, -0.1) is 0 Å². The quantitative estimate of drug-likeness (QED) is 0.396. The van der Waals surface area contributed by atoms with Gasteiger partial charge >= 0.3 is 5.97 Å². The first-order valence-electron chi connectivity index (χ1n) is 10.8. The molecule has 1 aliphatic heterocycles. The molecule has 0 radical (unpaired) electrons. The van der Waals surface area contributed by atoms with Crippen LogP contribution in [-0.4, -0.2) is 40.3 Å². The highest BCUT2D eigenvalue weighted by Gasteiger charge is 2.51. The molecule has 2 aliphatic carbocycles. The minimum absolute atomic E-state index is 0.0301. The smallest absolute Gasteiger partial charge is 0.306 e. The first-order chi connectivity index (χ1) is 15.4. The van der Waals surface area contributed by atoms with Gasteiger partial charge in [-0.25, -0.2) is 8.78 Å². The fourth-order valence-electron chi connectivity index (χ4n) is 4.81. The maximum atomic E-state index is 13.6. The molecule has 2 fully saturated rings. The Bertz CT molecular complexity index is 1100. The van der Waals surface area contributed by atoms with Crippen LogP contribution in [0.5, 0.6) is 0 Å². The van der Waals surface area contributed by atoms with E-state index < -0.39 is 33.4 Å². The Morgan fingerprint density at radius 2 is 1.97 bits per heavy atom. The van der Waals surface area contributed by atoms with E-state index in [2.05, 4.69) is 24.2 Å². The topological polar surface area (TPSA) is 79.5 Å². The molecule has 0 atom stereocenters. The molecule has 0 bridgehead atoms. The number of hydrogen-bond donors (Lipinski definition) is 1. The average molecular weight is 555 g/mol. The Kier molecular flexibility index (Phi) is 5.63.